The van der Waals surface area contributed by atoms with Gasteiger partial charge >= 0.3 is 0 Å². The maximum absolute atomic E-state index is 11.2. The molecule has 0 fully saturated rings. The third kappa shape index (κ3) is 4.91. The lowest BCUT2D eigenvalue weighted by molar-refractivity contribution is -0.124. The summed E-state index contributed by atoms with van der Waals surface area (Å²) in [5, 5.41) is 0. The molecule has 3 nitrogen and oxygen atoms in total. The molecular formula is C9H18N2O. The van der Waals surface area contributed by atoms with E-state index in [0.717, 1.165) is 13.1 Å². The molecule has 0 heterocycles. The molecule has 0 aliphatic rings. The highest BCUT2D eigenvalue weighted by molar-refractivity contribution is 5.87. The van der Waals surface area contributed by atoms with Gasteiger partial charge in [-0.25, -0.2) is 0 Å². The van der Waals surface area contributed by atoms with Gasteiger partial charge in [0.25, 0.3) is 0 Å². The van der Waals surface area contributed by atoms with E-state index in [9.17, 15) is 4.79 Å². The first-order valence-corrected chi connectivity index (χ1v) is 4.10. The summed E-state index contributed by atoms with van der Waals surface area (Å²) in [6.45, 7) is 3.52. The van der Waals surface area contributed by atoms with Crippen molar-refractivity contribution in [1.29, 1.82) is 0 Å². The molecule has 0 spiro atoms. The fourth-order valence-electron chi connectivity index (χ4n) is 0.730. The third-order valence-corrected chi connectivity index (χ3v) is 1.57. The van der Waals surface area contributed by atoms with Gasteiger partial charge in [0.1, 0.15) is 0 Å². The van der Waals surface area contributed by atoms with Crippen LogP contribution in [0.15, 0.2) is 12.2 Å². The fraction of sp³-hybridized carbons (Fsp3) is 0.667. The van der Waals surface area contributed by atoms with E-state index in [1.54, 1.807) is 17.1 Å². The molecule has 3 heteroatoms. The van der Waals surface area contributed by atoms with Crippen molar-refractivity contribution in [3.05, 3.63) is 12.2 Å². The summed E-state index contributed by atoms with van der Waals surface area (Å²) < 4.78 is 0. The maximum atomic E-state index is 11.2. The highest BCUT2D eigenvalue weighted by Gasteiger charge is 2.03. The number of allylic oxidation sites excluding steroid dienone is 1. The molecule has 0 saturated heterocycles. The van der Waals surface area contributed by atoms with Crippen molar-refractivity contribution in [2.75, 3.05) is 34.2 Å². The van der Waals surface area contributed by atoms with E-state index < -0.39 is 0 Å². The van der Waals surface area contributed by atoms with Crippen LogP contribution in [0.2, 0.25) is 0 Å². The first-order chi connectivity index (χ1) is 5.57. The lowest BCUT2D eigenvalue weighted by atomic mass is 10.4. The molecule has 0 aliphatic heterocycles. The van der Waals surface area contributed by atoms with Crippen molar-refractivity contribution >= 4 is 5.91 Å². The molecule has 0 saturated carbocycles. The number of hydrogen-bond donors (Lipinski definition) is 0. The number of carbonyl (C=O) groups excluding carboxylic acids is 1. The molecule has 70 valence electrons. The second kappa shape index (κ2) is 5.77. The largest absolute Gasteiger partial charge is 0.341 e. The van der Waals surface area contributed by atoms with Gasteiger partial charge in [-0.2, -0.15) is 0 Å². The molecule has 0 aromatic rings. The minimum absolute atomic E-state index is 0.0688. The van der Waals surface area contributed by atoms with Crippen molar-refractivity contribution in [3.63, 3.8) is 0 Å². The zero-order valence-electron chi connectivity index (χ0n) is 8.37. The Morgan fingerprint density at radius 2 is 1.83 bits per heavy atom. The van der Waals surface area contributed by atoms with E-state index in [4.69, 9.17) is 0 Å². The van der Waals surface area contributed by atoms with Gasteiger partial charge in [0.15, 0.2) is 0 Å². The Morgan fingerprint density at radius 1 is 1.25 bits per heavy atom. The quantitative estimate of drug-likeness (QED) is 0.576. The summed E-state index contributed by atoms with van der Waals surface area (Å²) in [4.78, 5) is 14.9. The topological polar surface area (TPSA) is 23.6 Å². The van der Waals surface area contributed by atoms with Gasteiger partial charge in [-0.05, 0) is 27.1 Å². The van der Waals surface area contributed by atoms with Crippen LogP contribution in [-0.2, 0) is 4.79 Å². The van der Waals surface area contributed by atoms with Gasteiger partial charge in [0, 0.05) is 20.1 Å². The molecule has 12 heavy (non-hydrogen) atoms. The number of amides is 1. The molecule has 0 rings (SSSR count). The first-order valence-electron chi connectivity index (χ1n) is 4.10. The smallest absolute Gasteiger partial charge is 0.246 e. The second-order valence-electron chi connectivity index (χ2n) is 3.06. The Bertz CT molecular complexity index is 164. The predicted octanol–water partition coefficient (Wildman–Crippen LogP) is 0.583. The lowest BCUT2D eigenvalue weighted by Crippen LogP contribution is -2.32. The summed E-state index contributed by atoms with van der Waals surface area (Å²) in [6, 6.07) is 0. The normalized spacial score (nSPS) is 11.1. The Labute approximate surface area is 74.7 Å². The van der Waals surface area contributed by atoms with Crippen molar-refractivity contribution < 1.29 is 4.79 Å². The van der Waals surface area contributed by atoms with E-state index in [1.807, 2.05) is 28.1 Å². The number of hydrogen-bond acceptors (Lipinski definition) is 2. The number of rotatable bonds is 4. The average Bonchev–Trinajstić information content (AvgIpc) is 2.00. The molecule has 1 amide bonds. The van der Waals surface area contributed by atoms with Crippen molar-refractivity contribution in [2.24, 2.45) is 0 Å². The summed E-state index contributed by atoms with van der Waals surface area (Å²) in [5.41, 5.74) is 0. The van der Waals surface area contributed by atoms with E-state index in [0.29, 0.717) is 0 Å². The van der Waals surface area contributed by atoms with Crippen LogP contribution in [0.3, 0.4) is 0 Å². The SMILES string of the molecule is CC=CC(=O)N(C)CCN(C)C. The zero-order chi connectivity index (χ0) is 9.56. The van der Waals surface area contributed by atoms with Gasteiger partial charge in [-0.3, -0.25) is 4.79 Å². The van der Waals surface area contributed by atoms with Crippen LogP contribution in [0.5, 0.6) is 0 Å². The van der Waals surface area contributed by atoms with Gasteiger partial charge in [-0.15, -0.1) is 0 Å². The first kappa shape index (κ1) is 11.2. The predicted molar refractivity (Wildman–Crippen MR) is 51.0 cm³/mol. The van der Waals surface area contributed by atoms with Gasteiger partial charge in [0.05, 0.1) is 0 Å². The van der Waals surface area contributed by atoms with Crippen molar-refractivity contribution in [2.45, 2.75) is 6.92 Å². The Hall–Kier alpha value is -0.830. The maximum Gasteiger partial charge on any atom is 0.246 e. The zero-order valence-corrected chi connectivity index (χ0v) is 8.37. The molecular weight excluding hydrogens is 152 g/mol. The highest BCUT2D eigenvalue weighted by atomic mass is 16.2. The van der Waals surface area contributed by atoms with Crippen LogP contribution in [0.25, 0.3) is 0 Å². The molecule has 0 N–H and O–H groups in total. The van der Waals surface area contributed by atoms with Crippen LogP contribution >= 0.6 is 0 Å². The van der Waals surface area contributed by atoms with Gasteiger partial charge in [0.2, 0.25) is 5.91 Å². The Morgan fingerprint density at radius 3 is 2.25 bits per heavy atom. The van der Waals surface area contributed by atoms with E-state index in [-0.39, 0.29) is 5.91 Å². The minimum Gasteiger partial charge on any atom is -0.341 e. The molecule has 0 bridgehead atoms. The standard InChI is InChI=1S/C9H18N2O/c1-5-6-9(12)11(4)8-7-10(2)3/h5-6H,7-8H2,1-4H3. The van der Waals surface area contributed by atoms with Gasteiger partial charge < -0.3 is 9.80 Å². The molecule has 0 radical (unpaired) electrons. The second-order valence-corrected chi connectivity index (χ2v) is 3.06. The highest BCUT2D eigenvalue weighted by Crippen LogP contribution is 1.87. The van der Waals surface area contributed by atoms with Crippen molar-refractivity contribution in [3.8, 4) is 0 Å². The molecule has 0 aromatic heterocycles. The van der Waals surface area contributed by atoms with Gasteiger partial charge in [-0.1, -0.05) is 6.08 Å². The van der Waals surface area contributed by atoms with E-state index in [1.165, 1.54) is 0 Å². The van der Waals surface area contributed by atoms with E-state index in [2.05, 4.69) is 4.90 Å². The summed E-state index contributed by atoms with van der Waals surface area (Å²) in [5.74, 6) is 0.0688. The van der Waals surface area contributed by atoms with Crippen LogP contribution < -0.4 is 0 Å². The summed E-state index contributed by atoms with van der Waals surface area (Å²) in [6.07, 6.45) is 3.34. The number of likely N-dealkylation sites (N-methyl/N-ethyl adjacent to an activating group) is 2. The summed E-state index contributed by atoms with van der Waals surface area (Å²) in [7, 11) is 5.80. The van der Waals surface area contributed by atoms with Crippen molar-refractivity contribution in [1.82, 2.24) is 9.80 Å². The molecule has 0 aromatic carbocycles. The molecule has 0 aliphatic carbocycles. The molecule has 0 atom stereocenters. The number of carbonyl (C=O) groups is 1. The average molecular weight is 170 g/mol. The Kier molecular flexibility index (Phi) is 5.37. The van der Waals surface area contributed by atoms with Crippen LogP contribution in [-0.4, -0.2) is 49.9 Å². The monoisotopic (exact) mass is 170 g/mol. The van der Waals surface area contributed by atoms with Crippen LogP contribution in [0, 0.1) is 0 Å². The molecule has 0 unspecified atom stereocenters. The lowest BCUT2D eigenvalue weighted by Gasteiger charge is -2.17. The Balaban J connectivity index is 3.71. The minimum atomic E-state index is 0.0688. The number of nitrogens with zero attached hydrogens (tertiary/aromatic N) is 2. The fourth-order valence-corrected chi connectivity index (χ4v) is 0.730. The van der Waals surface area contributed by atoms with E-state index >= 15 is 0 Å². The van der Waals surface area contributed by atoms with Crippen LogP contribution in [0.4, 0.5) is 0 Å². The summed E-state index contributed by atoms with van der Waals surface area (Å²) >= 11 is 0. The third-order valence-electron chi connectivity index (χ3n) is 1.57. The van der Waals surface area contributed by atoms with Crippen LogP contribution in [0.1, 0.15) is 6.92 Å².